The summed E-state index contributed by atoms with van der Waals surface area (Å²) in [5.41, 5.74) is 0.794. The molecule has 0 amide bonds. The summed E-state index contributed by atoms with van der Waals surface area (Å²) < 4.78 is 22.7. The van der Waals surface area contributed by atoms with E-state index >= 15 is 0 Å². The molecule has 0 spiro atoms. The van der Waals surface area contributed by atoms with Crippen molar-refractivity contribution < 1.29 is 8.42 Å². The van der Waals surface area contributed by atoms with Crippen LogP contribution >= 0.6 is 11.3 Å². The minimum atomic E-state index is -2.91. The van der Waals surface area contributed by atoms with E-state index in [0.29, 0.717) is 19.5 Å². The van der Waals surface area contributed by atoms with E-state index in [4.69, 9.17) is 0 Å². The van der Waals surface area contributed by atoms with E-state index in [1.807, 2.05) is 6.92 Å². The lowest BCUT2D eigenvalue weighted by Gasteiger charge is -2.03. The van der Waals surface area contributed by atoms with Crippen LogP contribution in [-0.4, -0.2) is 31.5 Å². The van der Waals surface area contributed by atoms with Gasteiger partial charge in [0.15, 0.2) is 9.84 Å². The minimum Gasteiger partial charge on any atom is -0.315 e. The highest BCUT2D eigenvalue weighted by molar-refractivity contribution is 7.91. The number of rotatable bonds is 7. The average molecular weight is 264 g/mol. The van der Waals surface area contributed by atoms with Crippen molar-refractivity contribution in [2.45, 2.75) is 19.9 Å². The number of sulfone groups is 1. The number of aromatic amines is 1. The van der Waals surface area contributed by atoms with Gasteiger partial charge >= 0.3 is 4.87 Å². The van der Waals surface area contributed by atoms with E-state index in [0.717, 1.165) is 17.0 Å². The number of H-pyrrole nitrogens is 1. The third-order valence-corrected chi connectivity index (χ3v) is 4.57. The highest BCUT2D eigenvalue weighted by Crippen LogP contribution is 1.95. The molecule has 0 bridgehead atoms. The van der Waals surface area contributed by atoms with Crippen LogP contribution in [0.15, 0.2) is 10.2 Å². The third-order valence-electron chi connectivity index (χ3n) is 1.99. The molecule has 0 aliphatic rings. The monoisotopic (exact) mass is 264 g/mol. The Labute approximate surface area is 98.8 Å². The first kappa shape index (κ1) is 13.4. The molecule has 16 heavy (non-hydrogen) atoms. The summed E-state index contributed by atoms with van der Waals surface area (Å²) >= 11 is 1.11. The van der Waals surface area contributed by atoms with Crippen LogP contribution in [0.3, 0.4) is 0 Å². The van der Waals surface area contributed by atoms with Crippen LogP contribution in [0.5, 0.6) is 0 Å². The summed E-state index contributed by atoms with van der Waals surface area (Å²) in [6.07, 6.45) is 0.653. The molecule has 0 aromatic carbocycles. The Kier molecular flexibility index (Phi) is 5.17. The van der Waals surface area contributed by atoms with Crippen LogP contribution < -0.4 is 10.2 Å². The fraction of sp³-hybridized carbons (Fsp3) is 0.667. The maximum Gasteiger partial charge on any atom is 0.304 e. The lowest BCUT2D eigenvalue weighted by molar-refractivity contribution is 0.589. The van der Waals surface area contributed by atoms with Crippen molar-refractivity contribution in [1.29, 1.82) is 0 Å². The predicted molar refractivity (Wildman–Crippen MR) is 65.6 cm³/mol. The Bertz CT molecular complexity index is 461. The summed E-state index contributed by atoms with van der Waals surface area (Å²) in [7, 11) is -2.91. The molecule has 0 aliphatic heterocycles. The largest absolute Gasteiger partial charge is 0.315 e. The summed E-state index contributed by atoms with van der Waals surface area (Å²) in [5, 5.41) is 4.72. The number of nitrogens with one attached hydrogen (secondary N) is 2. The van der Waals surface area contributed by atoms with E-state index in [2.05, 4.69) is 10.3 Å². The summed E-state index contributed by atoms with van der Waals surface area (Å²) in [5.74, 6) is 0.388. The highest BCUT2D eigenvalue weighted by Gasteiger charge is 2.08. The van der Waals surface area contributed by atoms with E-state index in [-0.39, 0.29) is 16.4 Å². The first-order valence-corrected chi connectivity index (χ1v) is 7.81. The molecule has 0 aliphatic carbocycles. The van der Waals surface area contributed by atoms with E-state index in [9.17, 15) is 13.2 Å². The first-order chi connectivity index (χ1) is 7.53. The molecule has 5 nitrogen and oxygen atoms in total. The number of thiazole rings is 1. The van der Waals surface area contributed by atoms with Crippen molar-refractivity contribution in [3.8, 4) is 0 Å². The summed E-state index contributed by atoms with van der Waals surface area (Å²) in [6, 6.07) is 0. The Balaban J connectivity index is 2.24. The van der Waals surface area contributed by atoms with Crippen LogP contribution in [0.4, 0.5) is 0 Å². The number of hydrogen-bond acceptors (Lipinski definition) is 5. The zero-order valence-electron chi connectivity index (χ0n) is 9.15. The molecule has 0 atom stereocenters. The smallest absolute Gasteiger partial charge is 0.304 e. The van der Waals surface area contributed by atoms with Crippen LogP contribution in [0.25, 0.3) is 0 Å². The van der Waals surface area contributed by atoms with Crippen molar-refractivity contribution in [2.75, 3.05) is 18.1 Å². The van der Waals surface area contributed by atoms with Gasteiger partial charge in [0.05, 0.1) is 5.75 Å². The summed E-state index contributed by atoms with van der Waals surface area (Å²) in [6.45, 7) is 2.77. The zero-order valence-corrected chi connectivity index (χ0v) is 10.8. The van der Waals surface area contributed by atoms with Gasteiger partial charge in [0, 0.05) is 29.9 Å². The maximum absolute atomic E-state index is 11.4. The van der Waals surface area contributed by atoms with E-state index in [1.165, 1.54) is 0 Å². The second-order valence-corrected chi connectivity index (χ2v) is 6.65. The lowest BCUT2D eigenvalue weighted by atomic mass is 10.5. The minimum absolute atomic E-state index is 0.0876. The number of hydrogen-bond donors (Lipinski definition) is 2. The first-order valence-electron chi connectivity index (χ1n) is 5.11. The molecular formula is C9H16N2O3S2. The summed E-state index contributed by atoms with van der Waals surface area (Å²) in [4.78, 5) is 13.4. The van der Waals surface area contributed by atoms with Gasteiger partial charge in [-0.25, -0.2) is 8.42 Å². The molecule has 7 heteroatoms. The maximum atomic E-state index is 11.4. The van der Waals surface area contributed by atoms with Crippen molar-refractivity contribution in [2.24, 2.45) is 0 Å². The van der Waals surface area contributed by atoms with Gasteiger partial charge in [0.2, 0.25) is 0 Å². The predicted octanol–water partition coefficient (Wildman–Crippen LogP) is 0.351. The molecule has 0 fully saturated rings. The van der Waals surface area contributed by atoms with Crippen LogP contribution in [0.2, 0.25) is 0 Å². The molecule has 1 rings (SSSR count). The van der Waals surface area contributed by atoms with Gasteiger partial charge in [0.25, 0.3) is 0 Å². The zero-order chi connectivity index (χ0) is 12.0. The molecule has 1 aromatic heterocycles. The molecule has 0 saturated heterocycles. The highest BCUT2D eigenvalue weighted by atomic mass is 32.2. The van der Waals surface area contributed by atoms with Gasteiger partial charge in [-0.3, -0.25) is 4.79 Å². The Morgan fingerprint density at radius 2 is 2.19 bits per heavy atom. The number of aromatic nitrogens is 1. The van der Waals surface area contributed by atoms with Crippen LogP contribution in [0, 0.1) is 0 Å². The standard InChI is InChI=1S/C9H16N2O3S2/c1-2-4-16(13,14)5-3-10-6-8-7-15-9(12)11-8/h7,10H,2-6H2,1H3,(H,11,12). The molecule has 1 aromatic rings. The Morgan fingerprint density at radius 1 is 1.44 bits per heavy atom. The van der Waals surface area contributed by atoms with Gasteiger partial charge in [0.1, 0.15) is 0 Å². The third kappa shape index (κ3) is 4.91. The van der Waals surface area contributed by atoms with Crippen molar-refractivity contribution in [3.63, 3.8) is 0 Å². The molecule has 2 N–H and O–H groups in total. The SMILES string of the molecule is CCCS(=O)(=O)CCNCc1csc(=O)[nH]1. The molecule has 0 unspecified atom stereocenters. The van der Waals surface area contributed by atoms with Crippen LogP contribution in [-0.2, 0) is 16.4 Å². The second-order valence-electron chi connectivity index (χ2n) is 3.50. The van der Waals surface area contributed by atoms with Gasteiger partial charge in [-0.15, -0.1) is 0 Å². The fourth-order valence-corrected chi connectivity index (χ4v) is 3.13. The molecule has 0 radical (unpaired) electrons. The Hall–Kier alpha value is -0.660. The van der Waals surface area contributed by atoms with Gasteiger partial charge < -0.3 is 10.3 Å². The van der Waals surface area contributed by atoms with Gasteiger partial charge in [-0.2, -0.15) is 0 Å². The van der Waals surface area contributed by atoms with Gasteiger partial charge in [-0.05, 0) is 6.42 Å². The van der Waals surface area contributed by atoms with E-state index < -0.39 is 9.84 Å². The molecule has 0 saturated carbocycles. The fourth-order valence-electron chi connectivity index (χ4n) is 1.26. The van der Waals surface area contributed by atoms with Gasteiger partial charge in [-0.1, -0.05) is 18.3 Å². The molecule has 92 valence electrons. The topological polar surface area (TPSA) is 79.0 Å². The molecule has 1 heterocycles. The second kappa shape index (κ2) is 6.17. The van der Waals surface area contributed by atoms with Crippen molar-refractivity contribution >= 4 is 21.2 Å². The average Bonchev–Trinajstić information content (AvgIpc) is 2.59. The molecular weight excluding hydrogens is 248 g/mol. The van der Waals surface area contributed by atoms with E-state index in [1.54, 1.807) is 5.38 Å². The lowest BCUT2D eigenvalue weighted by Crippen LogP contribution is -2.24. The van der Waals surface area contributed by atoms with Crippen LogP contribution in [0.1, 0.15) is 19.0 Å². The van der Waals surface area contributed by atoms with Crippen molar-refractivity contribution in [1.82, 2.24) is 10.3 Å². The quantitative estimate of drug-likeness (QED) is 0.697. The normalized spacial score (nSPS) is 11.8. The van der Waals surface area contributed by atoms with Crippen molar-refractivity contribution in [3.05, 3.63) is 20.7 Å². The Morgan fingerprint density at radius 3 is 2.75 bits per heavy atom.